The molecule has 1 aromatic carbocycles. The number of rotatable bonds is 2. The maximum absolute atomic E-state index is 13.7. The highest BCUT2D eigenvalue weighted by Gasteiger charge is 2.18. The van der Waals surface area contributed by atoms with Gasteiger partial charge in [-0.15, -0.1) is 0 Å². The molecule has 0 aliphatic rings. The number of benzene rings is 1. The largest absolute Gasteiger partial charge is 0.493 e. The molecule has 0 spiro atoms. The molecule has 0 radical (unpaired) electrons. The van der Waals surface area contributed by atoms with Gasteiger partial charge in [0, 0.05) is 22.9 Å². The molecule has 0 bridgehead atoms. The van der Waals surface area contributed by atoms with Crippen LogP contribution in [0.5, 0.6) is 5.75 Å². The number of hydrogen-bond acceptors (Lipinski definition) is 3. The highest BCUT2D eigenvalue weighted by Crippen LogP contribution is 2.34. The Hall–Kier alpha value is -2.68. The topological polar surface area (TPSA) is 65.9 Å². The number of aromatic nitrogens is 1. The number of pyridine rings is 1. The number of nitriles is 1. The lowest BCUT2D eigenvalue weighted by Gasteiger charge is -2.11. The molecule has 6 heteroatoms. The van der Waals surface area contributed by atoms with Gasteiger partial charge in [-0.2, -0.15) is 5.26 Å². The van der Waals surface area contributed by atoms with Gasteiger partial charge in [0.05, 0.1) is 7.11 Å². The molecule has 0 atom stereocenters. The molecule has 102 valence electrons. The molecule has 0 aliphatic carbocycles. The van der Waals surface area contributed by atoms with Gasteiger partial charge in [-0.3, -0.25) is 4.79 Å². The van der Waals surface area contributed by atoms with Gasteiger partial charge in [-0.05, 0) is 19.1 Å². The van der Waals surface area contributed by atoms with Crippen molar-refractivity contribution in [2.45, 2.75) is 6.92 Å². The lowest BCUT2D eigenvalue weighted by molar-refractivity contribution is 0.386. The van der Waals surface area contributed by atoms with Crippen LogP contribution in [0.15, 0.2) is 23.0 Å². The highest BCUT2D eigenvalue weighted by atomic mass is 19.1. The minimum atomic E-state index is -0.899. The third-order valence-corrected chi connectivity index (χ3v) is 2.78. The van der Waals surface area contributed by atoms with E-state index in [4.69, 9.17) is 10.00 Å². The predicted octanol–water partition coefficient (Wildman–Crippen LogP) is 2.51. The summed E-state index contributed by atoms with van der Waals surface area (Å²) in [7, 11) is 1.23. The summed E-state index contributed by atoms with van der Waals surface area (Å²) in [4.78, 5) is 14.2. The maximum Gasteiger partial charge on any atom is 0.266 e. The molecule has 1 heterocycles. The van der Waals surface area contributed by atoms with E-state index in [-0.39, 0.29) is 22.4 Å². The molecule has 0 fully saturated rings. The van der Waals surface area contributed by atoms with E-state index in [9.17, 15) is 13.6 Å². The van der Waals surface area contributed by atoms with Crippen molar-refractivity contribution in [3.8, 4) is 22.9 Å². The number of methoxy groups -OCH3 is 1. The van der Waals surface area contributed by atoms with Crippen molar-refractivity contribution in [1.29, 1.82) is 5.26 Å². The molecular formula is C14H10F2N2O2. The van der Waals surface area contributed by atoms with Gasteiger partial charge in [0.25, 0.3) is 5.56 Å². The van der Waals surface area contributed by atoms with Crippen molar-refractivity contribution in [3.63, 3.8) is 0 Å². The Kier molecular flexibility index (Phi) is 3.53. The average Bonchev–Trinajstić information content (AvgIpc) is 2.37. The van der Waals surface area contributed by atoms with Crippen LogP contribution in [0.25, 0.3) is 11.1 Å². The Morgan fingerprint density at radius 2 is 1.95 bits per heavy atom. The molecule has 4 nitrogen and oxygen atoms in total. The number of H-pyrrole nitrogens is 1. The number of nitrogens with zero attached hydrogens (tertiary/aromatic N) is 1. The Balaban J connectivity index is 2.88. The SMILES string of the molecule is COc1c(F)cc(F)cc1-c1cc(C)[nH]c(=O)c1C#N. The number of ether oxygens (including phenoxy) is 1. The quantitative estimate of drug-likeness (QED) is 0.916. The Morgan fingerprint density at radius 1 is 1.25 bits per heavy atom. The van der Waals surface area contributed by atoms with Gasteiger partial charge in [-0.1, -0.05) is 0 Å². The predicted molar refractivity (Wildman–Crippen MR) is 68.4 cm³/mol. The number of nitrogens with one attached hydrogen (secondary N) is 1. The van der Waals surface area contributed by atoms with E-state index in [0.29, 0.717) is 11.8 Å². The Bertz CT molecular complexity index is 776. The normalized spacial score (nSPS) is 10.2. The van der Waals surface area contributed by atoms with Crippen molar-refractivity contribution in [3.05, 3.63) is 51.4 Å². The Morgan fingerprint density at radius 3 is 2.55 bits per heavy atom. The third kappa shape index (κ3) is 2.26. The first-order valence-electron chi connectivity index (χ1n) is 5.65. The lowest BCUT2D eigenvalue weighted by Crippen LogP contribution is -2.13. The zero-order valence-electron chi connectivity index (χ0n) is 10.8. The number of hydrogen-bond donors (Lipinski definition) is 1. The standard InChI is InChI=1S/C14H10F2N2O2/c1-7-3-9(11(6-17)14(19)18-7)10-4-8(15)5-12(16)13(10)20-2/h3-5H,1-2H3,(H,18,19). The summed E-state index contributed by atoms with van der Waals surface area (Å²) in [5.74, 6) is -1.93. The van der Waals surface area contributed by atoms with Crippen LogP contribution in [0, 0.1) is 29.9 Å². The highest BCUT2D eigenvalue weighted by molar-refractivity contribution is 5.75. The first-order chi connectivity index (χ1) is 9.47. The van der Waals surface area contributed by atoms with E-state index in [1.807, 2.05) is 0 Å². The molecule has 20 heavy (non-hydrogen) atoms. The van der Waals surface area contributed by atoms with Crippen molar-refractivity contribution in [2.24, 2.45) is 0 Å². The van der Waals surface area contributed by atoms with E-state index < -0.39 is 17.2 Å². The maximum atomic E-state index is 13.7. The Labute approximate surface area is 113 Å². The van der Waals surface area contributed by atoms with E-state index >= 15 is 0 Å². The van der Waals surface area contributed by atoms with Crippen LogP contribution >= 0.6 is 0 Å². The van der Waals surface area contributed by atoms with Crippen LogP contribution in [0.1, 0.15) is 11.3 Å². The monoisotopic (exact) mass is 276 g/mol. The summed E-state index contributed by atoms with van der Waals surface area (Å²) in [5, 5.41) is 9.06. The second-order valence-electron chi connectivity index (χ2n) is 4.15. The molecule has 0 unspecified atom stereocenters. The van der Waals surface area contributed by atoms with E-state index in [0.717, 1.165) is 6.07 Å². The molecule has 0 aliphatic heterocycles. The van der Waals surface area contributed by atoms with E-state index in [1.54, 1.807) is 13.0 Å². The lowest BCUT2D eigenvalue weighted by atomic mass is 9.99. The summed E-state index contributed by atoms with van der Waals surface area (Å²) >= 11 is 0. The van der Waals surface area contributed by atoms with E-state index in [1.165, 1.54) is 13.2 Å². The van der Waals surface area contributed by atoms with Crippen molar-refractivity contribution in [1.82, 2.24) is 4.98 Å². The summed E-state index contributed by atoms with van der Waals surface area (Å²) in [6, 6.07) is 4.90. The van der Waals surface area contributed by atoms with E-state index in [2.05, 4.69) is 4.98 Å². The minimum Gasteiger partial charge on any atom is -0.493 e. The second kappa shape index (κ2) is 5.13. The smallest absolute Gasteiger partial charge is 0.266 e. The van der Waals surface area contributed by atoms with Crippen molar-refractivity contribution in [2.75, 3.05) is 7.11 Å². The zero-order valence-corrected chi connectivity index (χ0v) is 10.8. The zero-order chi connectivity index (χ0) is 14.9. The van der Waals surface area contributed by atoms with Crippen LogP contribution in [-0.2, 0) is 0 Å². The van der Waals surface area contributed by atoms with Gasteiger partial charge in [0.2, 0.25) is 0 Å². The molecular weight excluding hydrogens is 266 g/mol. The summed E-state index contributed by atoms with van der Waals surface area (Å²) < 4.78 is 32.0. The van der Waals surface area contributed by atoms with Crippen LogP contribution in [0.2, 0.25) is 0 Å². The van der Waals surface area contributed by atoms with Gasteiger partial charge in [0.1, 0.15) is 17.4 Å². The van der Waals surface area contributed by atoms with Gasteiger partial charge >= 0.3 is 0 Å². The van der Waals surface area contributed by atoms with Crippen molar-refractivity contribution < 1.29 is 13.5 Å². The van der Waals surface area contributed by atoms with Crippen LogP contribution < -0.4 is 10.3 Å². The minimum absolute atomic E-state index is 0.0238. The average molecular weight is 276 g/mol. The first kappa shape index (κ1) is 13.7. The summed E-state index contributed by atoms with van der Waals surface area (Å²) in [5.41, 5.74) is -0.219. The second-order valence-corrected chi connectivity index (χ2v) is 4.15. The fourth-order valence-electron chi connectivity index (χ4n) is 1.98. The number of aryl methyl sites for hydroxylation is 1. The molecule has 2 rings (SSSR count). The molecule has 2 aromatic rings. The third-order valence-electron chi connectivity index (χ3n) is 2.78. The summed E-state index contributed by atoms with van der Waals surface area (Å²) in [6.45, 7) is 1.61. The molecule has 1 N–H and O–H groups in total. The van der Waals surface area contributed by atoms with Gasteiger partial charge in [-0.25, -0.2) is 8.78 Å². The summed E-state index contributed by atoms with van der Waals surface area (Å²) in [6.07, 6.45) is 0. The first-order valence-corrected chi connectivity index (χ1v) is 5.65. The van der Waals surface area contributed by atoms with Crippen LogP contribution in [0.4, 0.5) is 8.78 Å². The van der Waals surface area contributed by atoms with Crippen LogP contribution in [0.3, 0.4) is 0 Å². The molecule has 1 aromatic heterocycles. The fraction of sp³-hybridized carbons (Fsp3) is 0.143. The fourth-order valence-corrected chi connectivity index (χ4v) is 1.98. The van der Waals surface area contributed by atoms with Gasteiger partial charge in [0.15, 0.2) is 11.6 Å². The molecule has 0 saturated carbocycles. The van der Waals surface area contributed by atoms with Gasteiger partial charge < -0.3 is 9.72 Å². The van der Waals surface area contributed by atoms with Crippen molar-refractivity contribution >= 4 is 0 Å². The van der Waals surface area contributed by atoms with Crippen LogP contribution in [-0.4, -0.2) is 12.1 Å². The molecule has 0 amide bonds. The number of aromatic amines is 1. The number of halogens is 2. The molecule has 0 saturated heterocycles.